The summed E-state index contributed by atoms with van der Waals surface area (Å²) in [6, 6.07) is 0. The average molecular weight is 294 g/mol. The van der Waals surface area contributed by atoms with E-state index in [1.807, 2.05) is 0 Å². The maximum atomic E-state index is 12.6. The van der Waals surface area contributed by atoms with Gasteiger partial charge in [-0.25, -0.2) is 4.79 Å². The lowest BCUT2D eigenvalue weighted by molar-refractivity contribution is -0.123. The summed E-state index contributed by atoms with van der Waals surface area (Å²) in [5.41, 5.74) is 0.638. The van der Waals surface area contributed by atoms with Crippen LogP contribution < -0.4 is 4.90 Å². The van der Waals surface area contributed by atoms with Crippen LogP contribution in [0.2, 0.25) is 0 Å². The van der Waals surface area contributed by atoms with Crippen LogP contribution >= 0.6 is 11.5 Å². The molecule has 0 radical (unpaired) electrons. The smallest absolute Gasteiger partial charge is 0.340 e. The van der Waals surface area contributed by atoms with E-state index >= 15 is 0 Å². The van der Waals surface area contributed by atoms with E-state index in [0.29, 0.717) is 22.5 Å². The Bertz CT molecular complexity index is 569. The molecule has 3 rings (SSSR count). The second-order valence-electron chi connectivity index (χ2n) is 5.93. The van der Waals surface area contributed by atoms with Gasteiger partial charge in [0, 0.05) is 13.0 Å². The fourth-order valence-corrected chi connectivity index (χ4v) is 4.58. The number of aromatic nitrogens is 1. The Morgan fingerprint density at radius 2 is 2.10 bits per heavy atom. The number of rotatable bonds is 3. The SMILES string of the molecule is Cc1nsc(N(C)C(=O)C2CC3CCC2C3)c1C(=O)O. The first kappa shape index (κ1) is 13.5. The van der Waals surface area contributed by atoms with E-state index < -0.39 is 5.97 Å². The van der Waals surface area contributed by atoms with Gasteiger partial charge in [-0.2, -0.15) is 4.37 Å². The van der Waals surface area contributed by atoms with Crippen molar-refractivity contribution >= 4 is 28.4 Å². The Morgan fingerprint density at radius 3 is 2.65 bits per heavy atom. The molecule has 2 bridgehead atoms. The Hall–Kier alpha value is -1.43. The van der Waals surface area contributed by atoms with Gasteiger partial charge in [-0.15, -0.1) is 0 Å². The van der Waals surface area contributed by atoms with Crippen LogP contribution in [0.3, 0.4) is 0 Å². The highest BCUT2D eigenvalue weighted by atomic mass is 32.1. The summed E-state index contributed by atoms with van der Waals surface area (Å²) in [6.07, 6.45) is 4.52. The molecule has 3 unspecified atom stereocenters. The number of carbonyl (C=O) groups excluding carboxylic acids is 1. The second-order valence-corrected chi connectivity index (χ2v) is 6.68. The largest absolute Gasteiger partial charge is 0.478 e. The first-order chi connectivity index (χ1) is 9.49. The number of carboxylic acids is 1. The standard InChI is InChI=1S/C14H18N2O3S/c1-7-11(14(18)19)13(20-15-7)16(2)12(17)10-6-8-3-4-9(10)5-8/h8-10H,3-6H2,1-2H3,(H,18,19). The molecule has 6 heteroatoms. The minimum absolute atomic E-state index is 0.0587. The lowest BCUT2D eigenvalue weighted by atomic mass is 9.88. The number of nitrogens with zero attached hydrogens (tertiary/aromatic N) is 2. The molecule has 0 spiro atoms. The van der Waals surface area contributed by atoms with Crippen LogP contribution in [0.4, 0.5) is 5.00 Å². The topological polar surface area (TPSA) is 70.5 Å². The molecule has 1 aromatic heterocycles. The Balaban J connectivity index is 1.84. The van der Waals surface area contributed by atoms with E-state index in [1.54, 1.807) is 14.0 Å². The number of aryl methyl sites for hydroxylation is 1. The molecule has 2 aliphatic rings. The minimum Gasteiger partial charge on any atom is -0.478 e. The van der Waals surface area contributed by atoms with Gasteiger partial charge in [0.2, 0.25) is 5.91 Å². The predicted molar refractivity (Wildman–Crippen MR) is 76.2 cm³/mol. The van der Waals surface area contributed by atoms with E-state index in [9.17, 15) is 14.7 Å². The molecule has 0 aliphatic heterocycles. The van der Waals surface area contributed by atoms with Gasteiger partial charge in [-0.05, 0) is 49.6 Å². The molecular weight excluding hydrogens is 276 g/mol. The third kappa shape index (κ3) is 2.02. The van der Waals surface area contributed by atoms with E-state index in [-0.39, 0.29) is 17.4 Å². The zero-order valence-corrected chi connectivity index (χ0v) is 12.4. The van der Waals surface area contributed by atoms with Crippen molar-refractivity contribution in [3.8, 4) is 0 Å². The van der Waals surface area contributed by atoms with Crippen molar-refractivity contribution in [1.29, 1.82) is 0 Å². The van der Waals surface area contributed by atoms with Gasteiger partial charge in [-0.3, -0.25) is 4.79 Å². The third-order valence-corrected chi connectivity index (χ3v) is 5.77. The van der Waals surface area contributed by atoms with Gasteiger partial charge in [-0.1, -0.05) is 6.42 Å². The lowest BCUT2D eigenvalue weighted by Crippen LogP contribution is -2.35. The quantitative estimate of drug-likeness (QED) is 0.930. The van der Waals surface area contributed by atoms with Crippen LogP contribution in [0.15, 0.2) is 0 Å². The lowest BCUT2D eigenvalue weighted by Gasteiger charge is -2.25. The fourth-order valence-electron chi connectivity index (χ4n) is 3.73. The highest BCUT2D eigenvalue weighted by Crippen LogP contribution is 2.49. The predicted octanol–water partition coefficient (Wildman–Crippen LogP) is 2.55. The molecule has 0 saturated heterocycles. The Kier molecular flexibility index (Phi) is 3.28. The molecule has 108 valence electrons. The van der Waals surface area contributed by atoms with Crippen molar-refractivity contribution < 1.29 is 14.7 Å². The average Bonchev–Trinajstić information content (AvgIpc) is 3.10. The molecule has 5 nitrogen and oxygen atoms in total. The minimum atomic E-state index is -1.01. The molecule has 3 atom stereocenters. The van der Waals surface area contributed by atoms with Crippen LogP contribution in [0, 0.1) is 24.7 Å². The number of aromatic carboxylic acids is 1. The Morgan fingerprint density at radius 1 is 1.35 bits per heavy atom. The maximum Gasteiger partial charge on any atom is 0.340 e. The molecule has 1 amide bonds. The molecule has 1 N–H and O–H groups in total. The van der Waals surface area contributed by atoms with Crippen molar-refractivity contribution in [3.63, 3.8) is 0 Å². The summed E-state index contributed by atoms with van der Waals surface area (Å²) in [5, 5.41) is 9.73. The first-order valence-corrected chi connectivity index (χ1v) is 7.73. The van der Waals surface area contributed by atoms with Gasteiger partial charge in [0.05, 0.1) is 5.69 Å². The summed E-state index contributed by atoms with van der Waals surface area (Å²) in [6.45, 7) is 1.67. The van der Waals surface area contributed by atoms with Crippen molar-refractivity contribution in [3.05, 3.63) is 11.3 Å². The van der Waals surface area contributed by atoms with E-state index in [0.717, 1.165) is 30.8 Å². The van der Waals surface area contributed by atoms with Crippen LogP contribution in [0.25, 0.3) is 0 Å². The molecule has 2 saturated carbocycles. The summed E-state index contributed by atoms with van der Waals surface area (Å²) in [7, 11) is 1.67. The first-order valence-electron chi connectivity index (χ1n) is 6.96. The van der Waals surface area contributed by atoms with E-state index in [2.05, 4.69) is 4.37 Å². The van der Waals surface area contributed by atoms with Crippen molar-refractivity contribution in [2.24, 2.45) is 17.8 Å². The van der Waals surface area contributed by atoms with Crippen LogP contribution in [0.1, 0.15) is 41.7 Å². The van der Waals surface area contributed by atoms with E-state index in [4.69, 9.17) is 0 Å². The molecular formula is C14H18N2O3S. The fraction of sp³-hybridized carbons (Fsp3) is 0.643. The van der Waals surface area contributed by atoms with Gasteiger partial charge in [0.1, 0.15) is 10.6 Å². The highest BCUT2D eigenvalue weighted by Gasteiger charge is 2.44. The summed E-state index contributed by atoms with van der Waals surface area (Å²) in [5.74, 6) is 0.312. The molecule has 2 aliphatic carbocycles. The highest BCUT2D eigenvalue weighted by molar-refractivity contribution is 7.11. The molecule has 20 heavy (non-hydrogen) atoms. The van der Waals surface area contributed by atoms with Gasteiger partial charge in [0.15, 0.2) is 0 Å². The van der Waals surface area contributed by atoms with Gasteiger partial charge in [0.25, 0.3) is 0 Å². The second kappa shape index (κ2) is 4.84. The van der Waals surface area contributed by atoms with Crippen molar-refractivity contribution in [1.82, 2.24) is 4.37 Å². The number of carboxylic acid groups (broad SMARTS) is 1. The van der Waals surface area contributed by atoms with E-state index in [1.165, 1.54) is 11.3 Å². The molecule has 2 fully saturated rings. The van der Waals surface area contributed by atoms with Gasteiger partial charge >= 0.3 is 5.97 Å². The summed E-state index contributed by atoms with van der Waals surface area (Å²) < 4.78 is 4.08. The normalized spacial score (nSPS) is 27.8. The molecule has 0 aromatic carbocycles. The maximum absolute atomic E-state index is 12.6. The number of hydrogen-bond donors (Lipinski definition) is 1. The van der Waals surface area contributed by atoms with Crippen molar-refractivity contribution in [2.75, 3.05) is 11.9 Å². The van der Waals surface area contributed by atoms with Crippen LogP contribution in [0.5, 0.6) is 0 Å². The zero-order chi connectivity index (χ0) is 14.4. The summed E-state index contributed by atoms with van der Waals surface area (Å²) >= 11 is 1.09. The number of anilines is 1. The van der Waals surface area contributed by atoms with Crippen molar-refractivity contribution in [2.45, 2.75) is 32.6 Å². The van der Waals surface area contributed by atoms with Gasteiger partial charge < -0.3 is 10.0 Å². The Labute approximate surface area is 121 Å². The zero-order valence-electron chi connectivity index (χ0n) is 11.6. The number of amides is 1. The summed E-state index contributed by atoms with van der Waals surface area (Å²) in [4.78, 5) is 25.5. The monoisotopic (exact) mass is 294 g/mol. The number of hydrogen-bond acceptors (Lipinski definition) is 4. The van der Waals surface area contributed by atoms with Crippen LogP contribution in [-0.4, -0.2) is 28.4 Å². The molecule has 1 heterocycles. The third-order valence-electron chi connectivity index (χ3n) is 4.75. The number of fused-ring (bicyclic) bond motifs is 2. The van der Waals surface area contributed by atoms with Crippen LogP contribution in [-0.2, 0) is 4.79 Å². The number of carbonyl (C=O) groups is 2. The molecule has 1 aromatic rings.